The van der Waals surface area contributed by atoms with Gasteiger partial charge in [0.25, 0.3) is 5.91 Å². The third-order valence-electron chi connectivity index (χ3n) is 4.24. The molecule has 0 N–H and O–H groups in total. The fraction of sp³-hybridized carbons (Fsp3) is 0.588. The Hall–Kier alpha value is -2.35. The van der Waals surface area contributed by atoms with E-state index in [-0.39, 0.29) is 5.91 Å². The molecule has 25 heavy (non-hydrogen) atoms. The minimum atomic E-state index is -0.0247. The van der Waals surface area contributed by atoms with Gasteiger partial charge in [-0.05, 0) is 26.3 Å². The third-order valence-corrected chi connectivity index (χ3v) is 4.24. The van der Waals surface area contributed by atoms with Gasteiger partial charge < -0.3 is 9.42 Å². The quantitative estimate of drug-likeness (QED) is 0.828. The molecule has 0 bridgehead atoms. The number of aromatic nitrogens is 4. The average molecular weight is 344 g/mol. The molecule has 3 rings (SSSR count). The van der Waals surface area contributed by atoms with E-state index < -0.39 is 0 Å². The van der Waals surface area contributed by atoms with Crippen molar-refractivity contribution in [3.05, 3.63) is 35.0 Å². The van der Waals surface area contributed by atoms with Gasteiger partial charge in [-0.15, -0.1) is 0 Å². The fourth-order valence-corrected chi connectivity index (χ4v) is 3.02. The number of rotatable bonds is 4. The molecular weight excluding hydrogens is 320 g/mol. The topological polar surface area (TPSA) is 88.3 Å². The summed E-state index contributed by atoms with van der Waals surface area (Å²) >= 11 is 0. The van der Waals surface area contributed by atoms with Crippen LogP contribution in [0.15, 0.2) is 10.6 Å². The van der Waals surface area contributed by atoms with Crippen molar-refractivity contribution in [3.8, 4) is 0 Å². The van der Waals surface area contributed by atoms with Crippen molar-refractivity contribution in [2.75, 3.05) is 26.2 Å². The molecule has 0 aromatic carbocycles. The smallest absolute Gasteiger partial charge is 0.272 e. The number of aryl methyl sites for hydroxylation is 3. The van der Waals surface area contributed by atoms with Crippen molar-refractivity contribution < 1.29 is 9.32 Å². The molecule has 3 heterocycles. The first-order valence-electron chi connectivity index (χ1n) is 8.70. The number of hydrogen-bond acceptors (Lipinski definition) is 7. The first kappa shape index (κ1) is 17.5. The van der Waals surface area contributed by atoms with Crippen molar-refractivity contribution in [1.29, 1.82) is 0 Å². The molecule has 134 valence electrons. The van der Waals surface area contributed by atoms with Gasteiger partial charge in [0.15, 0.2) is 5.82 Å². The van der Waals surface area contributed by atoms with E-state index in [0.29, 0.717) is 36.3 Å². The van der Waals surface area contributed by atoms with E-state index in [2.05, 4.69) is 25.0 Å². The van der Waals surface area contributed by atoms with E-state index >= 15 is 0 Å². The Morgan fingerprint density at radius 3 is 2.72 bits per heavy atom. The SMILES string of the molecule is CCc1nc(CN2CCCN(C(=O)c3cc(C)nc(C)n3)CC2)no1. The number of hydrogen-bond donors (Lipinski definition) is 0. The van der Waals surface area contributed by atoms with Crippen LogP contribution in [0.1, 0.15) is 47.1 Å². The molecule has 2 aromatic heterocycles. The molecule has 2 aromatic rings. The normalized spacial score (nSPS) is 16.0. The second-order valence-corrected chi connectivity index (χ2v) is 6.32. The predicted octanol–water partition coefficient (Wildman–Crippen LogP) is 1.39. The van der Waals surface area contributed by atoms with E-state index in [9.17, 15) is 4.79 Å². The van der Waals surface area contributed by atoms with Crippen LogP contribution in [0.3, 0.4) is 0 Å². The molecule has 1 fully saturated rings. The highest BCUT2D eigenvalue weighted by molar-refractivity contribution is 5.92. The molecule has 1 aliphatic heterocycles. The largest absolute Gasteiger partial charge is 0.339 e. The molecule has 8 heteroatoms. The molecule has 0 aliphatic carbocycles. The van der Waals surface area contributed by atoms with Gasteiger partial charge in [-0.3, -0.25) is 9.69 Å². The van der Waals surface area contributed by atoms with Crippen LogP contribution >= 0.6 is 0 Å². The van der Waals surface area contributed by atoms with Gasteiger partial charge in [-0.1, -0.05) is 12.1 Å². The zero-order valence-corrected chi connectivity index (χ0v) is 15.0. The summed E-state index contributed by atoms with van der Waals surface area (Å²) in [5, 5.41) is 4.01. The zero-order valence-electron chi connectivity index (χ0n) is 15.0. The molecule has 0 unspecified atom stereocenters. The maximum absolute atomic E-state index is 12.7. The molecule has 0 spiro atoms. The number of nitrogens with zero attached hydrogens (tertiary/aromatic N) is 6. The van der Waals surface area contributed by atoms with Gasteiger partial charge in [-0.2, -0.15) is 4.98 Å². The number of amides is 1. The molecule has 1 amide bonds. The van der Waals surface area contributed by atoms with E-state index in [4.69, 9.17) is 4.52 Å². The summed E-state index contributed by atoms with van der Waals surface area (Å²) in [5.74, 6) is 1.97. The minimum absolute atomic E-state index is 0.0247. The highest BCUT2D eigenvalue weighted by atomic mass is 16.5. The summed E-state index contributed by atoms with van der Waals surface area (Å²) in [6.07, 6.45) is 1.65. The van der Waals surface area contributed by atoms with Crippen LogP contribution in [0.2, 0.25) is 0 Å². The van der Waals surface area contributed by atoms with Crippen LogP contribution in [0.5, 0.6) is 0 Å². The van der Waals surface area contributed by atoms with Gasteiger partial charge in [0.2, 0.25) is 5.89 Å². The van der Waals surface area contributed by atoms with Gasteiger partial charge in [0.1, 0.15) is 11.5 Å². The lowest BCUT2D eigenvalue weighted by Gasteiger charge is -2.21. The Morgan fingerprint density at radius 1 is 1.16 bits per heavy atom. The molecule has 1 saturated heterocycles. The van der Waals surface area contributed by atoms with Gasteiger partial charge in [0, 0.05) is 38.3 Å². The van der Waals surface area contributed by atoms with Crippen LogP contribution in [-0.2, 0) is 13.0 Å². The Kier molecular flexibility index (Phi) is 5.37. The Bertz CT molecular complexity index is 724. The summed E-state index contributed by atoms with van der Waals surface area (Å²) < 4.78 is 5.16. The van der Waals surface area contributed by atoms with Crippen LogP contribution in [-0.4, -0.2) is 62.0 Å². The minimum Gasteiger partial charge on any atom is -0.339 e. The Morgan fingerprint density at radius 2 is 2.00 bits per heavy atom. The molecule has 0 atom stereocenters. The molecule has 1 aliphatic rings. The maximum atomic E-state index is 12.7. The first-order chi connectivity index (χ1) is 12.0. The summed E-state index contributed by atoms with van der Waals surface area (Å²) in [4.78, 5) is 29.8. The lowest BCUT2D eigenvalue weighted by Crippen LogP contribution is -2.35. The predicted molar refractivity (Wildman–Crippen MR) is 91.0 cm³/mol. The van der Waals surface area contributed by atoms with Crippen LogP contribution in [0.4, 0.5) is 0 Å². The van der Waals surface area contributed by atoms with Gasteiger partial charge >= 0.3 is 0 Å². The monoisotopic (exact) mass is 344 g/mol. The molecule has 8 nitrogen and oxygen atoms in total. The summed E-state index contributed by atoms with van der Waals surface area (Å²) in [6, 6.07) is 1.75. The highest BCUT2D eigenvalue weighted by Crippen LogP contribution is 2.11. The van der Waals surface area contributed by atoms with Crippen molar-refractivity contribution in [1.82, 2.24) is 29.9 Å². The van der Waals surface area contributed by atoms with E-state index in [0.717, 1.165) is 38.2 Å². The van der Waals surface area contributed by atoms with Crippen LogP contribution in [0.25, 0.3) is 0 Å². The molecular formula is C17H24N6O2. The lowest BCUT2D eigenvalue weighted by atomic mass is 10.2. The lowest BCUT2D eigenvalue weighted by molar-refractivity contribution is 0.0754. The van der Waals surface area contributed by atoms with E-state index in [1.807, 2.05) is 25.7 Å². The summed E-state index contributed by atoms with van der Waals surface area (Å²) in [7, 11) is 0. The second-order valence-electron chi connectivity index (χ2n) is 6.32. The molecule has 0 radical (unpaired) electrons. The average Bonchev–Trinajstić information content (AvgIpc) is 2.90. The molecule has 0 saturated carbocycles. The fourth-order valence-electron chi connectivity index (χ4n) is 3.02. The Balaban J connectivity index is 1.61. The standard InChI is InChI=1S/C17H24N6O2/c1-4-16-20-15(21-25-16)11-22-6-5-7-23(9-8-22)17(24)14-10-12(2)18-13(3)19-14/h10H,4-9,11H2,1-3H3. The van der Waals surface area contributed by atoms with Crippen molar-refractivity contribution in [2.24, 2.45) is 0 Å². The first-order valence-corrected chi connectivity index (χ1v) is 8.70. The number of carbonyl (C=O) groups excluding carboxylic acids is 1. The van der Waals surface area contributed by atoms with Gasteiger partial charge in [-0.25, -0.2) is 9.97 Å². The van der Waals surface area contributed by atoms with E-state index in [1.54, 1.807) is 6.07 Å². The van der Waals surface area contributed by atoms with Crippen molar-refractivity contribution in [3.63, 3.8) is 0 Å². The maximum Gasteiger partial charge on any atom is 0.272 e. The number of carbonyl (C=O) groups is 1. The zero-order chi connectivity index (χ0) is 17.8. The highest BCUT2D eigenvalue weighted by Gasteiger charge is 2.22. The van der Waals surface area contributed by atoms with Crippen LogP contribution in [0, 0.1) is 13.8 Å². The summed E-state index contributed by atoms with van der Waals surface area (Å²) in [5.41, 5.74) is 1.29. The van der Waals surface area contributed by atoms with Crippen molar-refractivity contribution in [2.45, 2.75) is 40.2 Å². The third kappa shape index (κ3) is 4.39. The second kappa shape index (κ2) is 7.69. The van der Waals surface area contributed by atoms with Gasteiger partial charge in [0.05, 0.1) is 6.54 Å². The van der Waals surface area contributed by atoms with Crippen LogP contribution < -0.4 is 0 Å². The van der Waals surface area contributed by atoms with E-state index in [1.165, 1.54) is 0 Å². The van der Waals surface area contributed by atoms with Crippen molar-refractivity contribution >= 4 is 5.91 Å². The Labute approximate surface area is 147 Å². The summed E-state index contributed by atoms with van der Waals surface area (Å²) in [6.45, 7) is 9.41.